The fourth-order valence-electron chi connectivity index (χ4n) is 1.94. The quantitative estimate of drug-likeness (QED) is 0.629. The molecule has 1 aromatic heterocycles. The van der Waals surface area contributed by atoms with Gasteiger partial charge in [-0.05, 0) is 19.1 Å². The number of nitrogens with one attached hydrogen (secondary N) is 1. The summed E-state index contributed by atoms with van der Waals surface area (Å²) in [7, 11) is 0. The fourth-order valence-corrected chi connectivity index (χ4v) is 1.94. The van der Waals surface area contributed by atoms with Crippen molar-refractivity contribution in [1.29, 1.82) is 0 Å². The monoisotopic (exact) mass is 304 g/mol. The van der Waals surface area contributed by atoms with Gasteiger partial charge < -0.3 is 9.26 Å². The average Bonchev–Trinajstić information content (AvgIpc) is 2.90. The number of amides is 1. The van der Waals surface area contributed by atoms with Crippen molar-refractivity contribution in [1.82, 2.24) is 10.6 Å². The number of ether oxygens (including phenoxy) is 1. The Morgan fingerprint density at radius 3 is 2.68 bits per heavy atom. The predicted octanol–water partition coefficient (Wildman–Crippen LogP) is 2.85. The van der Waals surface area contributed by atoms with E-state index in [1.807, 2.05) is 44.2 Å². The highest BCUT2D eigenvalue weighted by Crippen LogP contribution is 2.21. The number of rotatable bonds is 7. The summed E-state index contributed by atoms with van der Waals surface area (Å²) < 4.78 is 10.6. The number of aromatic nitrogens is 1. The van der Waals surface area contributed by atoms with Crippen molar-refractivity contribution in [2.45, 2.75) is 26.7 Å². The molecule has 6 heteroatoms. The number of carbonyl (C=O) groups excluding carboxylic acids is 1. The molecule has 1 heterocycles. The maximum Gasteiger partial charge on any atom is 0.280 e. The standard InChI is InChI=1S/C16H20N2O4/c1-11(2)15-14(12(3)17-22-15)16(19)18-21-10-9-20-13-7-5-4-6-8-13/h4-8,11H,9-10H2,1-3H3,(H,18,19). The van der Waals surface area contributed by atoms with Gasteiger partial charge in [0.15, 0.2) is 5.76 Å². The van der Waals surface area contributed by atoms with Gasteiger partial charge in [-0.2, -0.15) is 0 Å². The van der Waals surface area contributed by atoms with Crippen LogP contribution >= 0.6 is 0 Å². The third-order valence-electron chi connectivity index (χ3n) is 3.00. The molecule has 1 amide bonds. The van der Waals surface area contributed by atoms with E-state index in [0.29, 0.717) is 23.6 Å². The molecule has 0 aliphatic rings. The van der Waals surface area contributed by atoms with Crippen LogP contribution in [0, 0.1) is 6.92 Å². The second-order valence-corrected chi connectivity index (χ2v) is 5.10. The van der Waals surface area contributed by atoms with E-state index in [9.17, 15) is 4.79 Å². The molecule has 0 spiro atoms. The van der Waals surface area contributed by atoms with Crippen molar-refractivity contribution in [3.63, 3.8) is 0 Å². The van der Waals surface area contributed by atoms with Crippen molar-refractivity contribution in [3.05, 3.63) is 47.3 Å². The molecule has 0 saturated carbocycles. The van der Waals surface area contributed by atoms with Crippen LogP contribution in [0.25, 0.3) is 0 Å². The van der Waals surface area contributed by atoms with Gasteiger partial charge in [-0.1, -0.05) is 37.2 Å². The number of hydrogen-bond donors (Lipinski definition) is 1. The molecule has 118 valence electrons. The van der Waals surface area contributed by atoms with Crippen molar-refractivity contribution in [2.75, 3.05) is 13.2 Å². The van der Waals surface area contributed by atoms with Crippen molar-refractivity contribution in [3.8, 4) is 5.75 Å². The number of benzene rings is 1. The summed E-state index contributed by atoms with van der Waals surface area (Å²) in [4.78, 5) is 17.2. The summed E-state index contributed by atoms with van der Waals surface area (Å²) in [5.41, 5.74) is 3.36. The van der Waals surface area contributed by atoms with Gasteiger partial charge in [-0.25, -0.2) is 5.48 Å². The minimum Gasteiger partial charge on any atom is -0.491 e. The average molecular weight is 304 g/mol. The Kier molecular flexibility index (Phi) is 5.55. The summed E-state index contributed by atoms with van der Waals surface area (Å²) in [6.45, 7) is 6.17. The third kappa shape index (κ3) is 4.08. The third-order valence-corrected chi connectivity index (χ3v) is 3.00. The zero-order valence-corrected chi connectivity index (χ0v) is 13.0. The highest BCUT2D eigenvalue weighted by Gasteiger charge is 2.22. The fraction of sp³-hybridized carbons (Fsp3) is 0.375. The van der Waals surface area contributed by atoms with Crippen LogP contribution in [0.1, 0.15) is 41.6 Å². The zero-order chi connectivity index (χ0) is 15.9. The van der Waals surface area contributed by atoms with E-state index in [4.69, 9.17) is 14.1 Å². The summed E-state index contributed by atoms with van der Waals surface area (Å²) in [6.07, 6.45) is 0. The summed E-state index contributed by atoms with van der Waals surface area (Å²) in [5.74, 6) is 1.03. The van der Waals surface area contributed by atoms with Gasteiger partial charge in [0, 0.05) is 5.92 Å². The van der Waals surface area contributed by atoms with Gasteiger partial charge >= 0.3 is 0 Å². The zero-order valence-electron chi connectivity index (χ0n) is 13.0. The van der Waals surface area contributed by atoms with E-state index in [0.717, 1.165) is 5.75 Å². The lowest BCUT2D eigenvalue weighted by Gasteiger charge is -2.08. The maximum atomic E-state index is 12.1. The van der Waals surface area contributed by atoms with E-state index < -0.39 is 0 Å². The molecular weight excluding hydrogens is 284 g/mol. The smallest absolute Gasteiger partial charge is 0.280 e. The molecule has 0 aliphatic heterocycles. The number of hydrogen-bond acceptors (Lipinski definition) is 5. The molecule has 0 unspecified atom stereocenters. The number of aryl methyl sites for hydroxylation is 1. The molecule has 0 atom stereocenters. The van der Waals surface area contributed by atoms with Gasteiger partial charge in [0.05, 0.1) is 5.69 Å². The Morgan fingerprint density at radius 1 is 1.27 bits per heavy atom. The number of carbonyl (C=O) groups is 1. The second kappa shape index (κ2) is 7.61. The van der Waals surface area contributed by atoms with Gasteiger partial charge in [0.2, 0.25) is 0 Å². The van der Waals surface area contributed by atoms with Crippen LogP contribution in [0.15, 0.2) is 34.9 Å². The first-order valence-corrected chi connectivity index (χ1v) is 7.15. The topological polar surface area (TPSA) is 73.6 Å². The first kappa shape index (κ1) is 16.0. The molecule has 0 bridgehead atoms. The number of para-hydroxylation sites is 1. The summed E-state index contributed by atoms with van der Waals surface area (Å²) in [5, 5.41) is 3.83. The molecule has 1 N–H and O–H groups in total. The van der Waals surface area contributed by atoms with Crippen LogP contribution in [0.2, 0.25) is 0 Å². The Hall–Kier alpha value is -2.34. The molecule has 2 rings (SSSR count). The molecule has 22 heavy (non-hydrogen) atoms. The molecule has 0 aliphatic carbocycles. The molecule has 0 saturated heterocycles. The Labute approximate surface area is 129 Å². The largest absolute Gasteiger partial charge is 0.491 e. The van der Waals surface area contributed by atoms with E-state index in [2.05, 4.69) is 10.6 Å². The maximum absolute atomic E-state index is 12.1. The lowest BCUT2D eigenvalue weighted by atomic mass is 10.1. The minimum absolute atomic E-state index is 0.0726. The molecular formula is C16H20N2O4. The Morgan fingerprint density at radius 2 is 2.00 bits per heavy atom. The summed E-state index contributed by atoms with van der Waals surface area (Å²) in [6, 6.07) is 9.40. The lowest BCUT2D eigenvalue weighted by Crippen LogP contribution is -2.27. The summed E-state index contributed by atoms with van der Waals surface area (Å²) >= 11 is 0. The van der Waals surface area contributed by atoms with E-state index in [1.54, 1.807) is 6.92 Å². The van der Waals surface area contributed by atoms with Crippen LogP contribution in [0.5, 0.6) is 5.75 Å². The highest BCUT2D eigenvalue weighted by atomic mass is 16.7. The second-order valence-electron chi connectivity index (χ2n) is 5.10. The molecule has 6 nitrogen and oxygen atoms in total. The van der Waals surface area contributed by atoms with E-state index in [-0.39, 0.29) is 18.4 Å². The Bertz CT molecular complexity index is 608. The highest BCUT2D eigenvalue weighted by molar-refractivity contribution is 5.95. The van der Waals surface area contributed by atoms with Gasteiger partial charge in [-0.15, -0.1) is 0 Å². The van der Waals surface area contributed by atoms with Crippen LogP contribution < -0.4 is 10.2 Å². The first-order valence-electron chi connectivity index (χ1n) is 7.15. The predicted molar refractivity (Wildman–Crippen MR) is 80.7 cm³/mol. The van der Waals surface area contributed by atoms with Crippen molar-refractivity contribution < 1.29 is 18.9 Å². The van der Waals surface area contributed by atoms with Gasteiger partial charge in [0.1, 0.15) is 24.5 Å². The van der Waals surface area contributed by atoms with E-state index in [1.165, 1.54) is 0 Å². The van der Waals surface area contributed by atoms with Crippen LogP contribution in [-0.2, 0) is 4.84 Å². The Balaban J connectivity index is 1.78. The molecule has 0 radical (unpaired) electrons. The van der Waals surface area contributed by atoms with Crippen LogP contribution in [0.4, 0.5) is 0 Å². The van der Waals surface area contributed by atoms with E-state index >= 15 is 0 Å². The molecule has 2 aromatic rings. The van der Waals surface area contributed by atoms with Crippen molar-refractivity contribution >= 4 is 5.91 Å². The molecule has 1 aromatic carbocycles. The van der Waals surface area contributed by atoms with Gasteiger partial charge in [-0.3, -0.25) is 9.63 Å². The number of hydroxylamine groups is 1. The lowest BCUT2D eigenvalue weighted by molar-refractivity contribution is 0.0198. The van der Waals surface area contributed by atoms with Crippen molar-refractivity contribution in [2.24, 2.45) is 0 Å². The molecule has 0 fully saturated rings. The first-order chi connectivity index (χ1) is 10.6. The number of nitrogens with zero attached hydrogens (tertiary/aromatic N) is 1. The SMILES string of the molecule is Cc1noc(C(C)C)c1C(=O)NOCCOc1ccccc1. The van der Waals surface area contributed by atoms with Gasteiger partial charge in [0.25, 0.3) is 5.91 Å². The minimum atomic E-state index is -0.359. The normalized spacial score (nSPS) is 10.7. The van der Waals surface area contributed by atoms with Crippen LogP contribution in [-0.4, -0.2) is 24.3 Å². The van der Waals surface area contributed by atoms with Crippen LogP contribution in [0.3, 0.4) is 0 Å².